The lowest BCUT2D eigenvalue weighted by Crippen LogP contribution is -2.28. The highest BCUT2D eigenvalue weighted by Gasteiger charge is 2.11. The van der Waals surface area contributed by atoms with E-state index < -0.39 is 0 Å². The van der Waals surface area contributed by atoms with Gasteiger partial charge in [-0.15, -0.1) is 9.97 Å². The van der Waals surface area contributed by atoms with Crippen molar-refractivity contribution < 1.29 is 9.13 Å². The highest BCUT2D eigenvalue weighted by molar-refractivity contribution is 5.43. The van der Waals surface area contributed by atoms with Gasteiger partial charge in [-0.25, -0.2) is 18.3 Å². The zero-order valence-electron chi connectivity index (χ0n) is 15.1. The van der Waals surface area contributed by atoms with Crippen LogP contribution < -0.4 is 9.13 Å². The van der Waals surface area contributed by atoms with Crippen molar-refractivity contribution in [2.45, 2.75) is 0 Å². The lowest BCUT2D eigenvalue weighted by Gasteiger charge is -2.01. The number of nitrogens with zero attached hydrogens (tertiary/aromatic N) is 6. The van der Waals surface area contributed by atoms with Gasteiger partial charge in [-0.3, -0.25) is 0 Å². The number of pyridine rings is 2. The Morgan fingerprint density at radius 2 is 1.14 bits per heavy atom. The first-order valence-corrected chi connectivity index (χ1v) is 8.99. The van der Waals surface area contributed by atoms with E-state index in [2.05, 4.69) is 43.4 Å². The van der Waals surface area contributed by atoms with Crippen molar-refractivity contribution in [1.82, 2.24) is 19.1 Å². The molecule has 4 aromatic heterocycles. The Labute approximate surface area is 162 Å². The standard InChI is InChI=1S/C22H18N6/c1-3-10-23-21(8-1)27-14-12-25(17-27)19-6-5-7-20(16-19)26-13-15-28(18-26)22-9-2-4-11-24-22/h1-18H/q+2. The summed E-state index contributed by atoms with van der Waals surface area (Å²) in [5.41, 5.74) is 2.15. The van der Waals surface area contributed by atoms with Crippen molar-refractivity contribution in [3.05, 3.63) is 110 Å². The van der Waals surface area contributed by atoms with Gasteiger partial charge in [0.05, 0.1) is 12.4 Å². The van der Waals surface area contributed by atoms with Crippen LogP contribution in [0.1, 0.15) is 0 Å². The molecule has 0 bridgehead atoms. The molecule has 28 heavy (non-hydrogen) atoms. The average molecular weight is 366 g/mol. The van der Waals surface area contributed by atoms with Crippen molar-refractivity contribution in [2.24, 2.45) is 0 Å². The number of imidazole rings is 2. The normalized spacial score (nSPS) is 10.9. The molecule has 0 spiro atoms. The van der Waals surface area contributed by atoms with Gasteiger partial charge in [0, 0.05) is 18.2 Å². The predicted octanol–water partition coefficient (Wildman–Crippen LogP) is 2.61. The Kier molecular flexibility index (Phi) is 3.99. The van der Waals surface area contributed by atoms with Crippen LogP contribution in [0.25, 0.3) is 23.0 Å². The predicted molar refractivity (Wildman–Crippen MR) is 104 cm³/mol. The fourth-order valence-corrected chi connectivity index (χ4v) is 3.11. The largest absolute Gasteiger partial charge is 0.266 e. The van der Waals surface area contributed by atoms with Crippen molar-refractivity contribution in [3.63, 3.8) is 0 Å². The maximum Gasteiger partial charge on any atom is 0.266 e. The summed E-state index contributed by atoms with van der Waals surface area (Å²) in [6.07, 6.45) is 15.7. The average Bonchev–Trinajstić information content (AvgIpc) is 3.46. The molecule has 6 nitrogen and oxygen atoms in total. The van der Waals surface area contributed by atoms with Gasteiger partial charge in [0.25, 0.3) is 11.6 Å². The molecule has 0 unspecified atom stereocenters. The molecule has 1 aromatic carbocycles. The summed E-state index contributed by atoms with van der Waals surface area (Å²) in [5.74, 6) is 1.78. The Morgan fingerprint density at radius 3 is 1.61 bits per heavy atom. The number of hydrogen-bond acceptors (Lipinski definition) is 2. The van der Waals surface area contributed by atoms with E-state index >= 15 is 0 Å². The van der Waals surface area contributed by atoms with Gasteiger partial charge in [0.15, 0.2) is 12.7 Å². The molecular weight excluding hydrogens is 348 g/mol. The van der Waals surface area contributed by atoms with E-state index in [1.807, 2.05) is 83.0 Å². The lowest BCUT2D eigenvalue weighted by atomic mass is 10.2. The molecule has 0 aliphatic heterocycles. The Hall–Kier alpha value is -4.06. The number of hydrogen-bond donors (Lipinski definition) is 0. The zero-order valence-corrected chi connectivity index (χ0v) is 15.1. The fourth-order valence-electron chi connectivity index (χ4n) is 3.11. The fraction of sp³-hybridized carbons (Fsp3) is 0. The first kappa shape index (κ1) is 16.1. The molecule has 0 radical (unpaired) electrons. The topological polar surface area (TPSA) is 43.4 Å². The second-order valence-corrected chi connectivity index (χ2v) is 6.35. The van der Waals surface area contributed by atoms with Crippen molar-refractivity contribution in [1.29, 1.82) is 0 Å². The van der Waals surface area contributed by atoms with Crippen LogP contribution in [-0.2, 0) is 0 Å². The Bertz CT molecular complexity index is 1120. The molecule has 4 heterocycles. The van der Waals surface area contributed by atoms with Gasteiger partial charge in [0.1, 0.15) is 36.2 Å². The van der Waals surface area contributed by atoms with E-state index in [0.717, 1.165) is 23.0 Å². The van der Waals surface area contributed by atoms with Gasteiger partial charge in [-0.05, 0) is 24.3 Å². The number of benzene rings is 1. The van der Waals surface area contributed by atoms with E-state index in [9.17, 15) is 0 Å². The smallest absolute Gasteiger partial charge is 0.236 e. The van der Waals surface area contributed by atoms with Crippen LogP contribution in [0.3, 0.4) is 0 Å². The molecule has 5 rings (SSSR count). The van der Waals surface area contributed by atoms with Crippen LogP contribution >= 0.6 is 0 Å². The van der Waals surface area contributed by atoms with Gasteiger partial charge in [-0.2, -0.15) is 0 Å². The highest BCUT2D eigenvalue weighted by Crippen LogP contribution is 2.14. The Balaban J connectivity index is 1.46. The SMILES string of the molecule is c1ccc(-[n+]2ccn(-c3cccc(-n4cc[n+](-c5ccccn5)c4)c3)c2)nc1. The number of rotatable bonds is 4. The molecule has 0 aliphatic carbocycles. The molecule has 0 amide bonds. The maximum absolute atomic E-state index is 4.39. The molecule has 6 heteroatoms. The molecule has 5 aromatic rings. The zero-order chi connectivity index (χ0) is 18.8. The third-order valence-corrected chi connectivity index (χ3v) is 4.53. The minimum atomic E-state index is 0.888. The molecule has 0 atom stereocenters. The summed E-state index contributed by atoms with van der Waals surface area (Å²) in [6.45, 7) is 0. The van der Waals surface area contributed by atoms with E-state index in [1.54, 1.807) is 12.4 Å². The maximum atomic E-state index is 4.39. The van der Waals surface area contributed by atoms with Crippen LogP contribution in [0.4, 0.5) is 0 Å². The minimum Gasteiger partial charge on any atom is -0.236 e. The third kappa shape index (κ3) is 3.07. The van der Waals surface area contributed by atoms with Crippen LogP contribution in [0.2, 0.25) is 0 Å². The van der Waals surface area contributed by atoms with Gasteiger partial charge < -0.3 is 0 Å². The minimum absolute atomic E-state index is 0.888. The van der Waals surface area contributed by atoms with Crippen molar-refractivity contribution in [3.8, 4) is 23.0 Å². The van der Waals surface area contributed by atoms with Gasteiger partial charge in [0.2, 0.25) is 0 Å². The molecular formula is C22H18N6+2. The summed E-state index contributed by atoms with van der Waals surface area (Å²) in [4.78, 5) is 8.78. The van der Waals surface area contributed by atoms with Crippen LogP contribution in [0, 0.1) is 0 Å². The third-order valence-electron chi connectivity index (χ3n) is 4.53. The molecule has 0 fully saturated rings. The summed E-state index contributed by atoms with van der Waals surface area (Å²) in [5, 5.41) is 0. The van der Waals surface area contributed by atoms with Crippen LogP contribution in [-0.4, -0.2) is 19.1 Å². The molecule has 0 aliphatic rings. The molecule has 134 valence electrons. The van der Waals surface area contributed by atoms with E-state index in [4.69, 9.17) is 0 Å². The van der Waals surface area contributed by atoms with E-state index in [-0.39, 0.29) is 0 Å². The summed E-state index contributed by atoms with van der Waals surface area (Å²) in [7, 11) is 0. The van der Waals surface area contributed by atoms with Crippen molar-refractivity contribution >= 4 is 0 Å². The van der Waals surface area contributed by atoms with E-state index in [0.29, 0.717) is 0 Å². The molecule has 0 N–H and O–H groups in total. The Morgan fingerprint density at radius 1 is 0.607 bits per heavy atom. The summed E-state index contributed by atoms with van der Waals surface area (Å²) < 4.78 is 8.15. The van der Waals surface area contributed by atoms with Gasteiger partial charge in [-0.1, -0.05) is 18.2 Å². The summed E-state index contributed by atoms with van der Waals surface area (Å²) in [6, 6.07) is 20.1. The molecule has 0 saturated heterocycles. The second-order valence-electron chi connectivity index (χ2n) is 6.35. The second kappa shape index (κ2) is 6.92. The van der Waals surface area contributed by atoms with Crippen LogP contribution in [0.5, 0.6) is 0 Å². The first-order valence-electron chi connectivity index (χ1n) is 8.99. The van der Waals surface area contributed by atoms with Crippen LogP contribution in [0.15, 0.2) is 110 Å². The first-order chi connectivity index (χ1) is 13.9. The lowest BCUT2D eigenvalue weighted by molar-refractivity contribution is -0.598. The quantitative estimate of drug-likeness (QED) is 0.459. The molecule has 0 saturated carbocycles. The van der Waals surface area contributed by atoms with E-state index in [1.165, 1.54) is 0 Å². The number of aromatic nitrogens is 6. The van der Waals surface area contributed by atoms with Crippen molar-refractivity contribution in [2.75, 3.05) is 0 Å². The monoisotopic (exact) mass is 366 g/mol. The highest BCUT2D eigenvalue weighted by atomic mass is 15.2. The summed E-state index contributed by atoms with van der Waals surface area (Å²) >= 11 is 0. The van der Waals surface area contributed by atoms with Gasteiger partial charge >= 0.3 is 0 Å².